The summed E-state index contributed by atoms with van der Waals surface area (Å²) in [5, 5.41) is 8.86. The molecule has 0 bridgehead atoms. The van der Waals surface area contributed by atoms with Gasteiger partial charge in [0.15, 0.2) is 0 Å². The monoisotopic (exact) mass is 189 g/mol. The fourth-order valence-electron chi connectivity index (χ4n) is 1.27. The zero-order chi connectivity index (χ0) is 9.97. The van der Waals surface area contributed by atoms with Crippen LogP contribution in [0.3, 0.4) is 0 Å². The van der Waals surface area contributed by atoms with E-state index in [2.05, 4.69) is 9.97 Å². The maximum Gasteiger partial charge on any atom is 0.0996 e. The molecule has 14 heavy (non-hydrogen) atoms. The van der Waals surface area contributed by atoms with Gasteiger partial charge in [0, 0.05) is 12.4 Å². The second-order valence-corrected chi connectivity index (χ2v) is 3.15. The van der Waals surface area contributed by atoms with Crippen LogP contribution in [0.15, 0.2) is 31.0 Å². The average molecular weight is 189 g/mol. The van der Waals surface area contributed by atoms with E-state index in [4.69, 9.17) is 5.11 Å². The Morgan fingerprint density at radius 2 is 2.29 bits per heavy atom. The molecule has 0 aliphatic heterocycles. The van der Waals surface area contributed by atoms with Crippen LogP contribution in [0.2, 0.25) is 0 Å². The normalized spacial score (nSPS) is 10.4. The highest BCUT2D eigenvalue weighted by atomic mass is 16.3. The SMILES string of the molecule is Cc1cncc(-n2cnc(CO)c2)c1. The molecule has 4 heteroatoms. The van der Waals surface area contributed by atoms with Crippen LogP contribution in [-0.2, 0) is 6.61 Å². The number of imidazole rings is 1. The molecule has 0 aliphatic carbocycles. The lowest BCUT2D eigenvalue weighted by molar-refractivity contribution is 0.277. The molecule has 2 rings (SSSR count). The molecule has 0 aromatic carbocycles. The first-order valence-electron chi connectivity index (χ1n) is 4.35. The van der Waals surface area contributed by atoms with E-state index in [-0.39, 0.29) is 6.61 Å². The number of aliphatic hydroxyl groups excluding tert-OH is 1. The number of aromatic nitrogens is 3. The van der Waals surface area contributed by atoms with Gasteiger partial charge in [-0.3, -0.25) is 4.98 Å². The topological polar surface area (TPSA) is 50.9 Å². The van der Waals surface area contributed by atoms with E-state index in [1.54, 1.807) is 24.9 Å². The number of rotatable bonds is 2. The van der Waals surface area contributed by atoms with Crippen molar-refractivity contribution in [3.05, 3.63) is 42.2 Å². The predicted molar refractivity (Wildman–Crippen MR) is 52.0 cm³/mol. The summed E-state index contributed by atoms with van der Waals surface area (Å²) < 4.78 is 1.84. The highest BCUT2D eigenvalue weighted by molar-refractivity contribution is 5.31. The molecule has 2 aromatic rings. The van der Waals surface area contributed by atoms with E-state index < -0.39 is 0 Å². The molecule has 0 unspecified atom stereocenters. The molecule has 0 radical (unpaired) electrons. The third kappa shape index (κ3) is 1.65. The van der Waals surface area contributed by atoms with Gasteiger partial charge in [0.1, 0.15) is 0 Å². The summed E-state index contributed by atoms with van der Waals surface area (Å²) in [7, 11) is 0. The standard InChI is InChI=1S/C10H11N3O/c1-8-2-10(4-11-3-8)13-5-9(6-14)12-7-13/h2-5,7,14H,6H2,1H3. The average Bonchev–Trinajstić information content (AvgIpc) is 2.66. The van der Waals surface area contributed by atoms with Crippen molar-refractivity contribution in [3.8, 4) is 5.69 Å². The first kappa shape index (κ1) is 8.90. The molecule has 0 aliphatic rings. The number of pyridine rings is 1. The van der Waals surface area contributed by atoms with Crippen molar-refractivity contribution >= 4 is 0 Å². The molecule has 4 nitrogen and oxygen atoms in total. The van der Waals surface area contributed by atoms with Crippen LogP contribution in [0.4, 0.5) is 0 Å². The van der Waals surface area contributed by atoms with Gasteiger partial charge in [0.05, 0.1) is 30.5 Å². The summed E-state index contributed by atoms with van der Waals surface area (Å²) in [4.78, 5) is 8.11. The smallest absolute Gasteiger partial charge is 0.0996 e. The summed E-state index contributed by atoms with van der Waals surface area (Å²) in [5.74, 6) is 0. The van der Waals surface area contributed by atoms with Crippen LogP contribution in [0.1, 0.15) is 11.3 Å². The van der Waals surface area contributed by atoms with Crippen LogP contribution >= 0.6 is 0 Å². The highest BCUT2D eigenvalue weighted by Gasteiger charge is 1.99. The van der Waals surface area contributed by atoms with Crippen LogP contribution in [0.25, 0.3) is 5.69 Å². The molecule has 0 amide bonds. The number of nitrogens with zero attached hydrogens (tertiary/aromatic N) is 3. The lowest BCUT2D eigenvalue weighted by atomic mass is 10.3. The second-order valence-electron chi connectivity index (χ2n) is 3.15. The molecule has 0 atom stereocenters. The third-order valence-corrected chi connectivity index (χ3v) is 1.96. The van der Waals surface area contributed by atoms with Crippen molar-refractivity contribution in [3.63, 3.8) is 0 Å². The number of aliphatic hydroxyl groups is 1. The minimum absolute atomic E-state index is 0.0355. The van der Waals surface area contributed by atoms with Gasteiger partial charge in [-0.2, -0.15) is 0 Å². The van der Waals surface area contributed by atoms with Crippen molar-refractivity contribution < 1.29 is 5.11 Å². The van der Waals surface area contributed by atoms with Crippen LogP contribution < -0.4 is 0 Å². The minimum atomic E-state index is -0.0355. The molecule has 2 heterocycles. The van der Waals surface area contributed by atoms with Crippen LogP contribution in [-0.4, -0.2) is 19.6 Å². The summed E-state index contributed by atoms with van der Waals surface area (Å²) >= 11 is 0. The largest absolute Gasteiger partial charge is 0.390 e. The van der Waals surface area contributed by atoms with Crippen molar-refractivity contribution in [2.24, 2.45) is 0 Å². The van der Waals surface area contributed by atoms with E-state index in [0.29, 0.717) is 5.69 Å². The Bertz CT molecular complexity index is 436. The van der Waals surface area contributed by atoms with Crippen molar-refractivity contribution in [1.82, 2.24) is 14.5 Å². The first-order valence-corrected chi connectivity index (χ1v) is 4.35. The fourth-order valence-corrected chi connectivity index (χ4v) is 1.27. The molecule has 0 spiro atoms. The Balaban J connectivity index is 2.39. The summed E-state index contributed by atoms with van der Waals surface area (Å²) in [6.45, 7) is 1.95. The Kier molecular flexibility index (Phi) is 2.28. The third-order valence-electron chi connectivity index (χ3n) is 1.96. The Hall–Kier alpha value is -1.68. The maximum absolute atomic E-state index is 8.86. The number of hydrogen-bond acceptors (Lipinski definition) is 3. The van der Waals surface area contributed by atoms with Gasteiger partial charge in [0.2, 0.25) is 0 Å². The number of aryl methyl sites for hydroxylation is 1. The molecule has 0 fully saturated rings. The van der Waals surface area contributed by atoms with Gasteiger partial charge in [-0.15, -0.1) is 0 Å². The Morgan fingerprint density at radius 1 is 1.43 bits per heavy atom. The molecular formula is C10H11N3O. The van der Waals surface area contributed by atoms with Gasteiger partial charge >= 0.3 is 0 Å². The van der Waals surface area contributed by atoms with Gasteiger partial charge < -0.3 is 9.67 Å². The molecule has 1 N–H and O–H groups in total. The molecule has 72 valence electrons. The summed E-state index contributed by atoms with van der Waals surface area (Å²) in [6.07, 6.45) is 7.02. The quantitative estimate of drug-likeness (QED) is 0.768. The first-order chi connectivity index (χ1) is 6.79. The molecule has 0 saturated heterocycles. The maximum atomic E-state index is 8.86. The van der Waals surface area contributed by atoms with Crippen molar-refractivity contribution in [2.45, 2.75) is 13.5 Å². The molecular weight excluding hydrogens is 178 g/mol. The van der Waals surface area contributed by atoms with E-state index in [1.807, 2.05) is 17.6 Å². The van der Waals surface area contributed by atoms with Gasteiger partial charge in [0.25, 0.3) is 0 Å². The van der Waals surface area contributed by atoms with E-state index in [0.717, 1.165) is 11.3 Å². The van der Waals surface area contributed by atoms with E-state index in [9.17, 15) is 0 Å². The van der Waals surface area contributed by atoms with Crippen LogP contribution in [0, 0.1) is 6.92 Å². The molecule has 0 saturated carbocycles. The number of hydrogen-bond donors (Lipinski definition) is 1. The highest BCUT2D eigenvalue weighted by Crippen LogP contribution is 2.08. The van der Waals surface area contributed by atoms with E-state index >= 15 is 0 Å². The predicted octanol–water partition coefficient (Wildman–Crippen LogP) is 1.07. The minimum Gasteiger partial charge on any atom is -0.390 e. The van der Waals surface area contributed by atoms with Crippen molar-refractivity contribution in [2.75, 3.05) is 0 Å². The van der Waals surface area contributed by atoms with Crippen molar-refractivity contribution in [1.29, 1.82) is 0 Å². The van der Waals surface area contributed by atoms with E-state index in [1.165, 1.54) is 0 Å². The Morgan fingerprint density at radius 3 is 2.93 bits per heavy atom. The summed E-state index contributed by atoms with van der Waals surface area (Å²) in [5.41, 5.74) is 2.71. The lowest BCUT2D eigenvalue weighted by Gasteiger charge is -2.01. The zero-order valence-electron chi connectivity index (χ0n) is 7.88. The van der Waals surface area contributed by atoms with Gasteiger partial charge in [-0.1, -0.05) is 0 Å². The Labute approximate surface area is 81.9 Å². The summed E-state index contributed by atoms with van der Waals surface area (Å²) in [6, 6.07) is 2.01. The zero-order valence-corrected chi connectivity index (χ0v) is 7.88. The van der Waals surface area contributed by atoms with Crippen LogP contribution in [0.5, 0.6) is 0 Å². The van der Waals surface area contributed by atoms with Gasteiger partial charge in [-0.25, -0.2) is 4.98 Å². The second kappa shape index (κ2) is 3.59. The fraction of sp³-hybridized carbons (Fsp3) is 0.200. The van der Waals surface area contributed by atoms with Gasteiger partial charge in [-0.05, 0) is 18.6 Å². The molecule has 2 aromatic heterocycles. The lowest BCUT2D eigenvalue weighted by Crippen LogP contribution is -1.91.